The number of ether oxygens (including phenoxy) is 1. The van der Waals surface area contributed by atoms with Crippen LogP contribution in [-0.2, 0) is 4.79 Å². The molecule has 2 aromatic carbocycles. The Balaban J connectivity index is 1.53. The molecule has 0 fully saturated rings. The van der Waals surface area contributed by atoms with E-state index in [1.165, 1.54) is 17.2 Å². The third-order valence-electron chi connectivity index (χ3n) is 8.38. The Morgan fingerprint density at radius 1 is 1.20 bits per heavy atom. The van der Waals surface area contributed by atoms with Crippen molar-refractivity contribution >= 4 is 39.8 Å². The van der Waals surface area contributed by atoms with Gasteiger partial charge in [0.1, 0.15) is 5.75 Å². The van der Waals surface area contributed by atoms with Gasteiger partial charge in [-0.25, -0.2) is 4.98 Å². The second-order valence-electron chi connectivity index (χ2n) is 11.9. The van der Waals surface area contributed by atoms with Gasteiger partial charge in [-0.3, -0.25) is 9.89 Å². The van der Waals surface area contributed by atoms with Crippen molar-refractivity contribution in [2.45, 2.75) is 57.8 Å². The van der Waals surface area contributed by atoms with Gasteiger partial charge in [0.15, 0.2) is 5.65 Å². The molecular weight excluding hydrogens is 550 g/mol. The van der Waals surface area contributed by atoms with E-state index in [4.69, 9.17) is 14.7 Å². The van der Waals surface area contributed by atoms with Crippen molar-refractivity contribution in [3.63, 3.8) is 0 Å². The SMILES string of the molecule is C=CC(=O)Nc1cc(Nc2nc(C3=CCCC(C)c4ccccc43)c3cn[nH]c3n2)c(OC)cc1C(C)CCCCN(C)C. The molecule has 5 rings (SSSR count). The highest BCUT2D eigenvalue weighted by atomic mass is 16.5. The van der Waals surface area contributed by atoms with Crippen molar-refractivity contribution in [2.75, 3.05) is 38.4 Å². The maximum Gasteiger partial charge on any atom is 0.247 e. The van der Waals surface area contributed by atoms with Crippen LogP contribution >= 0.6 is 0 Å². The minimum atomic E-state index is -0.271. The van der Waals surface area contributed by atoms with Gasteiger partial charge in [-0.1, -0.05) is 57.2 Å². The zero-order chi connectivity index (χ0) is 31.2. The highest BCUT2D eigenvalue weighted by molar-refractivity contribution is 6.00. The van der Waals surface area contributed by atoms with E-state index < -0.39 is 0 Å². The molecule has 2 atom stereocenters. The van der Waals surface area contributed by atoms with Crippen molar-refractivity contribution in [1.82, 2.24) is 25.1 Å². The maximum absolute atomic E-state index is 12.5. The molecule has 0 saturated heterocycles. The second kappa shape index (κ2) is 13.9. The number of hydrogen-bond donors (Lipinski definition) is 3. The Morgan fingerprint density at radius 3 is 2.80 bits per heavy atom. The maximum atomic E-state index is 12.5. The number of amides is 1. The van der Waals surface area contributed by atoms with E-state index in [9.17, 15) is 4.79 Å². The van der Waals surface area contributed by atoms with Crippen LogP contribution < -0.4 is 15.4 Å². The molecule has 0 radical (unpaired) electrons. The number of rotatable bonds is 12. The largest absolute Gasteiger partial charge is 0.495 e. The van der Waals surface area contributed by atoms with E-state index in [0.29, 0.717) is 34.6 Å². The first-order valence-electron chi connectivity index (χ1n) is 15.4. The highest BCUT2D eigenvalue weighted by Crippen LogP contribution is 2.40. The predicted molar refractivity (Wildman–Crippen MR) is 179 cm³/mol. The van der Waals surface area contributed by atoms with Crippen LogP contribution in [0.2, 0.25) is 0 Å². The Hall–Kier alpha value is -4.50. The fraction of sp³-hybridized carbons (Fsp3) is 0.371. The van der Waals surface area contributed by atoms with Gasteiger partial charge in [-0.15, -0.1) is 0 Å². The molecule has 4 aromatic rings. The van der Waals surface area contributed by atoms with Crippen LogP contribution in [-0.4, -0.2) is 58.7 Å². The lowest BCUT2D eigenvalue weighted by Crippen LogP contribution is -2.14. The Labute approximate surface area is 259 Å². The number of anilines is 3. The molecule has 230 valence electrons. The van der Waals surface area contributed by atoms with Crippen LogP contribution in [0.5, 0.6) is 5.75 Å². The van der Waals surface area contributed by atoms with Crippen LogP contribution in [0.15, 0.2) is 61.3 Å². The number of unbranched alkanes of at least 4 members (excludes halogenated alkanes) is 1. The van der Waals surface area contributed by atoms with Crippen LogP contribution in [0, 0.1) is 0 Å². The van der Waals surface area contributed by atoms with E-state index >= 15 is 0 Å². The van der Waals surface area contributed by atoms with Crippen LogP contribution in [0.1, 0.15) is 80.2 Å². The smallest absolute Gasteiger partial charge is 0.247 e. The minimum absolute atomic E-state index is 0.203. The molecule has 1 aliphatic rings. The molecule has 3 N–H and O–H groups in total. The van der Waals surface area contributed by atoms with Gasteiger partial charge in [0, 0.05) is 11.3 Å². The average Bonchev–Trinajstić information content (AvgIpc) is 3.43. The summed E-state index contributed by atoms with van der Waals surface area (Å²) in [5.74, 6) is 1.42. The summed E-state index contributed by atoms with van der Waals surface area (Å²) in [6, 6.07) is 12.4. The van der Waals surface area contributed by atoms with Gasteiger partial charge in [0.05, 0.1) is 30.1 Å². The fourth-order valence-electron chi connectivity index (χ4n) is 5.95. The number of benzene rings is 2. The Morgan fingerprint density at radius 2 is 2.02 bits per heavy atom. The van der Waals surface area contributed by atoms with Crippen molar-refractivity contribution in [2.24, 2.45) is 0 Å². The highest BCUT2D eigenvalue weighted by Gasteiger charge is 2.23. The monoisotopic (exact) mass is 593 g/mol. The van der Waals surface area contributed by atoms with Gasteiger partial charge in [-0.2, -0.15) is 10.1 Å². The first-order chi connectivity index (χ1) is 21.3. The first-order valence-corrected chi connectivity index (χ1v) is 15.4. The number of carbonyl (C=O) groups excluding carboxylic acids is 1. The summed E-state index contributed by atoms with van der Waals surface area (Å²) in [7, 11) is 5.83. The molecule has 0 saturated carbocycles. The van der Waals surface area contributed by atoms with Gasteiger partial charge >= 0.3 is 0 Å². The molecule has 44 heavy (non-hydrogen) atoms. The number of hydrogen-bond acceptors (Lipinski definition) is 7. The first kappa shape index (κ1) is 30.9. The number of allylic oxidation sites excluding steroid dienone is 1. The Bertz CT molecular complexity index is 1670. The zero-order valence-electron chi connectivity index (χ0n) is 26.4. The van der Waals surface area contributed by atoms with E-state index in [1.807, 2.05) is 12.1 Å². The van der Waals surface area contributed by atoms with E-state index in [0.717, 1.165) is 60.9 Å². The number of H-pyrrole nitrogens is 1. The lowest BCUT2D eigenvalue weighted by Gasteiger charge is -2.21. The molecule has 2 aromatic heterocycles. The summed E-state index contributed by atoms with van der Waals surface area (Å²) >= 11 is 0. The van der Waals surface area contributed by atoms with Crippen molar-refractivity contribution in [3.05, 3.63) is 83.7 Å². The average molecular weight is 594 g/mol. The number of fused-ring (bicyclic) bond motifs is 2. The molecule has 9 nitrogen and oxygen atoms in total. The number of nitrogens with one attached hydrogen (secondary N) is 3. The summed E-state index contributed by atoms with van der Waals surface area (Å²) in [5, 5.41) is 14.6. The van der Waals surface area contributed by atoms with E-state index in [1.54, 1.807) is 13.3 Å². The summed E-state index contributed by atoms with van der Waals surface area (Å²) < 4.78 is 5.86. The van der Waals surface area contributed by atoms with Gasteiger partial charge in [0.2, 0.25) is 11.9 Å². The fourth-order valence-corrected chi connectivity index (χ4v) is 5.95. The van der Waals surface area contributed by atoms with Gasteiger partial charge in [-0.05, 0) is 93.1 Å². The van der Waals surface area contributed by atoms with E-state index in [-0.39, 0.29) is 11.8 Å². The third-order valence-corrected chi connectivity index (χ3v) is 8.38. The molecule has 2 heterocycles. The molecule has 0 spiro atoms. The topological polar surface area (TPSA) is 108 Å². The van der Waals surface area contributed by atoms with Crippen molar-refractivity contribution < 1.29 is 9.53 Å². The molecule has 9 heteroatoms. The van der Waals surface area contributed by atoms with Crippen LogP contribution in [0.4, 0.5) is 17.3 Å². The van der Waals surface area contributed by atoms with Gasteiger partial charge in [0.25, 0.3) is 0 Å². The number of aromatic nitrogens is 4. The molecule has 2 unspecified atom stereocenters. The Kier molecular flexibility index (Phi) is 9.75. The number of methoxy groups -OCH3 is 1. The third kappa shape index (κ3) is 6.83. The standard InChI is InChI=1S/C35H43N7O2/c1-7-32(43)37-29-20-30(31(44-6)19-27(29)23(3)13-10-11-18-42(4)5)38-35-39-33(28-21-36-41-34(28)40-35)26-17-12-14-22(2)24-15-8-9-16-25(24)26/h7-9,15-17,19-23H,1,10-14,18H2,2-6H3,(H,37,43)(H2,36,38,39,40,41). The lowest BCUT2D eigenvalue weighted by atomic mass is 9.91. The van der Waals surface area contributed by atoms with E-state index in [2.05, 4.69) is 90.6 Å². The number of carbonyl (C=O) groups is 1. The number of nitrogens with zero attached hydrogens (tertiary/aromatic N) is 4. The minimum Gasteiger partial charge on any atom is -0.495 e. The summed E-state index contributed by atoms with van der Waals surface area (Å²) in [4.78, 5) is 24.5. The summed E-state index contributed by atoms with van der Waals surface area (Å²) in [6.07, 6.45) is 10.5. The second-order valence-corrected chi connectivity index (χ2v) is 11.9. The van der Waals surface area contributed by atoms with Crippen LogP contribution in [0.3, 0.4) is 0 Å². The van der Waals surface area contributed by atoms with Crippen molar-refractivity contribution in [3.8, 4) is 5.75 Å². The molecule has 1 amide bonds. The molecule has 1 aliphatic carbocycles. The predicted octanol–water partition coefficient (Wildman–Crippen LogP) is 7.39. The van der Waals surface area contributed by atoms with Crippen LogP contribution in [0.25, 0.3) is 16.6 Å². The summed E-state index contributed by atoms with van der Waals surface area (Å²) in [6.45, 7) is 9.15. The van der Waals surface area contributed by atoms with Crippen molar-refractivity contribution in [1.29, 1.82) is 0 Å². The summed E-state index contributed by atoms with van der Waals surface area (Å²) in [5.41, 5.74) is 7.38. The lowest BCUT2D eigenvalue weighted by molar-refractivity contribution is -0.111. The number of aromatic amines is 1. The van der Waals surface area contributed by atoms with Gasteiger partial charge < -0.3 is 20.3 Å². The quantitative estimate of drug-likeness (QED) is 0.116. The molecule has 0 bridgehead atoms. The molecular formula is C35H43N7O2. The molecule has 0 aliphatic heterocycles. The normalized spacial score (nSPS) is 15.3. The zero-order valence-corrected chi connectivity index (χ0v) is 26.4.